The van der Waals surface area contributed by atoms with Gasteiger partial charge in [-0.05, 0) is 46.6 Å². The number of hydrazine groups is 1. The summed E-state index contributed by atoms with van der Waals surface area (Å²) < 4.78 is 2.38. The number of carbonyl (C=O) groups excluding carboxylic acids is 2. The fourth-order valence-electron chi connectivity index (χ4n) is 1.83. The molecular weight excluding hydrogens is 338 g/mol. The summed E-state index contributed by atoms with van der Waals surface area (Å²) in [6.45, 7) is 1.80. The maximum atomic E-state index is 11.9. The summed E-state index contributed by atoms with van der Waals surface area (Å²) in [6.07, 6.45) is 1.72. The average molecular weight is 352 g/mol. The lowest BCUT2D eigenvalue weighted by Gasteiger charge is -2.09. The van der Waals surface area contributed by atoms with Crippen molar-refractivity contribution in [3.05, 3.63) is 51.8 Å². The largest absolute Gasteiger partial charge is 0.507 e. The third kappa shape index (κ3) is 3.43. The van der Waals surface area contributed by atoms with Gasteiger partial charge in [0.2, 0.25) is 0 Å². The SMILES string of the molecule is Cc1ccc(C(=O)NNC(=O)c2cc(Br)cn2C)c(O)c1. The van der Waals surface area contributed by atoms with Crippen molar-refractivity contribution in [1.82, 2.24) is 15.4 Å². The third-order valence-electron chi connectivity index (χ3n) is 2.89. The maximum absolute atomic E-state index is 11.9. The molecule has 21 heavy (non-hydrogen) atoms. The summed E-state index contributed by atoms with van der Waals surface area (Å²) in [7, 11) is 1.72. The van der Waals surface area contributed by atoms with Gasteiger partial charge in [0.25, 0.3) is 11.8 Å². The molecule has 0 radical (unpaired) electrons. The van der Waals surface area contributed by atoms with E-state index in [0.717, 1.165) is 10.0 Å². The van der Waals surface area contributed by atoms with Crippen LogP contribution in [0.1, 0.15) is 26.4 Å². The third-order valence-corrected chi connectivity index (χ3v) is 3.33. The molecule has 2 aromatic rings. The standard InChI is InChI=1S/C14H14BrN3O3/c1-8-3-4-10(12(19)5-8)13(20)16-17-14(21)11-6-9(15)7-18(11)2/h3-7,19H,1-2H3,(H,16,20)(H,17,21). The Bertz CT molecular complexity index is 709. The Labute approximate surface area is 129 Å². The lowest BCUT2D eigenvalue weighted by atomic mass is 10.1. The van der Waals surface area contributed by atoms with Crippen molar-refractivity contribution >= 4 is 27.7 Å². The molecule has 0 bridgehead atoms. The maximum Gasteiger partial charge on any atom is 0.286 e. The van der Waals surface area contributed by atoms with Crippen LogP contribution < -0.4 is 10.9 Å². The number of nitrogens with one attached hydrogen (secondary N) is 2. The van der Waals surface area contributed by atoms with Crippen molar-refractivity contribution in [2.24, 2.45) is 7.05 Å². The molecule has 0 saturated carbocycles. The van der Waals surface area contributed by atoms with E-state index >= 15 is 0 Å². The number of amides is 2. The predicted octanol–water partition coefficient (Wildman–Crippen LogP) is 1.88. The first-order chi connectivity index (χ1) is 9.88. The minimum atomic E-state index is -0.589. The number of phenolic OH excluding ortho intramolecular Hbond substituents is 1. The lowest BCUT2D eigenvalue weighted by Crippen LogP contribution is -2.42. The van der Waals surface area contributed by atoms with E-state index in [1.165, 1.54) is 12.1 Å². The van der Waals surface area contributed by atoms with Gasteiger partial charge in [0.05, 0.1) is 5.56 Å². The van der Waals surface area contributed by atoms with Gasteiger partial charge in [-0.2, -0.15) is 0 Å². The number of hydrogen-bond donors (Lipinski definition) is 3. The van der Waals surface area contributed by atoms with Crippen LogP contribution in [-0.4, -0.2) is 21.5 Å². The molecule has 3 N–H and O–H groups in total. The number of hydrogen-bond acceptors (Lipinski definition) is 3. The summed E-state index contributed by atoms with van der Waals surface area (Å²) in [5.74, 6) is -1.18. The minimum absolute atomic E-state index is 0.0916. The second-order valence-corrected chi connectivity index (χ2v) is 5.50. The van der Waals surface area contributed by atoms with E-state index in [2.05, 4.69) is 26.8 Å². The molecule has 0 fully saturated rings. The number of aromatic hydroxyl groups is 1. The number of rotatable bonds is 2. The van der Waals surface area contributed by atoms with Crippen LogP contribution in [0.3, 0.4) is 0 Å². The molecule has 110 valence electrons. The Balaban J connectivity index is 2.04. The van der Waals surface area contributed by atoms with E-state index in [-0.39, 0.29) is 11.3 Å². The first-order valence-electron chi connectivity index (χ1n) is 6.10. The highest BCUT2D eigenvalue weighted by Crippen LogP contribution is 2.18. The Morgan fingerprint density at radius 1 is 1.19 bits per heavy atom. The zero-order chi connectivity index (χ0) is 15.6. The number of aromatic nitrogens is 1. The van der Waals surface area contributed by atoms with Crippen molar-refractivity contribution in [3.8, 4) is 5.75 Å². The molecule has 0 spiro atoms. The van der Waals surface area contributed by atoms with E-state index in [1.807, 2.05) is 0 Å². The Hall–Kier alpha value is -2.28. The van der Waals surface area contributed by atoms with Crippen LogP contribution in [0.15, 0.2) is 34.9 Å². The van der Waals surface area contributed by atoms with Gasteiger partial charge < -0.3 is 9.67 Å². The zero-order valence-corrected chi connectivity index (χ0v) is 13.1. The molecular formula is C14H14BrN3O3. The number of halogens is 1. The second-order valence-electron chi connectivity index (χ2n) is 4.58. The molecule has 0 aliphatic heterocycles. The van der Waals surface area contributed by atoms with Gasteiger partial charge in [0.15, 0.2) is 0 Å². The molecule has 2 amide bonds. The molecule has 1 aromatic heterocycles. The highest BCUT2D eigenvalue weighted by molar-refractivity contribution is 9.10. The molecule has 0 unspecified atom stereocenters. The van der Waals surface area contributed by atoms with Gasteiger partial charge in [-0.15, -0.1) is 0 Å². The van der Waals surface area contributed by atoms with Crippen LogP contribution in [0.4, 0.5) is 0 Å². The zero-order valence-electron chi connectivity index (χ0n) is 11.5. The van der Waals surface area contributed by atoms with Gasteiger partial charge in [0, 0.05) is 17.7 Å². The molecule has 6 nitrogen and oxygen atoms in total. The van der Waals surface area contributed by atoms with Gasteiger partial charge in [-0.25, -0.2) is 0 Å². The van der Waals surface area contributed by atoms with E-state index in [1.54, 1.807) is 36.9 Å². The Morgan fingerprint density at radius 3 is 2.43 bits per heavy atom. The van der Waals surface area contributed by atoms with Gasteiger partial charge >= 0.3 is 0 Å². The molecule has 0 saturated heterocycles. The fourth-order valence-corrected chi connectivity index (χ4v) is 2.35. The molecule has 1 heterocycles. The van der Waals surface area contributed by atoms with E-state index in [9.17, 15) is 14.7 Å². The summed E-state index contributed by atoms with van der Waals surface area (Å²) in [6, 6.07) is 6.30. The van der Waals surface area contributed by atoms with Crippen LogP contribution in [0, 0.1) is 6.92 Å². The van der Waals surface area contributed by atoms with Crippen LogP contribution in [0.25, 0.3) is 0 Å². The van der Waals surface area contributed by atoms with Crippen LogP contribution in [-0.2, 0) is 7.05 Å². The monoisotopic (exact) mass is 351 g/mol. The highest BCUT2D eigenvalue weighted by Gasteiger charge is 2.14. The van der Waals surface area contributed by atoms with Crippen molar-refractivity contribution in [1.29, 1.82) is 0 Å². The molecule has 2 rings (SSSR count). The van der Waals surface area contributed by atoms with Gasteiger partial charge in [0.1, 0.15) is 11.4 Å². The van der Waals surface area contributed by atoms with Crippen molar-refractivity contribution in [3.63, 3.8) is 0 Å². The number of nitrogens with zero attached hydrogens (tertiary/aromatic N) is 1. The normalized spacial score (nSPS) is 10.2. The summed E-state index contributed by atoms with van der Waals surface area (Å²) in [4.78, 5) is 23.8. The van der Waals surface area contributed by atoms with Gasteiger partial charge in [-0.1, -0.05) is 6.07 Å². The molecule has 1 aromatic carbocycles. The first kappa shape index (κ1) is 15.1. The lowest BCUT2D eigenvalue weighted by molar-refractivity contribution is 0.0840. The van der Waals surface area contributed by atoms with Crippen molar-refractivity contribution < 1.29 is 14.7 Å². The van der Waals surface area contributed by atoms with Crippen LogP contribution in [0.5, 0.6) is 5.75 Å². The number of aryl methyl sites for hydroxylation is 2. The van der Waals surface area contributed by atoms with Crippen LogP contribution in [0.2, 0.25) is 0 Å². The van der Waals surface area contributed by atoms with E-state index < -0.39 is 11.8 Å². The summed E-state index contributed by atoms with van der Waals surface area (Å²) >= 11 is 3.26. The van der Waals surface area contributed by atoms with Crippen molar-refractivity contribution in [2.75, 3.05) is 0 Å². The number of phenols is 1. The van der Waals surface area contributed by atoms with Gasteiger partial charge in [-0.3, -0.25) is 20.4 Å². The highest BCUT2D eigenvalue weighted by atomic mass is 79.9. The summed E-state index contributed by atoms with van der Waals surface area (Å²) in [5.41, 5.74) is 5.88. The second kappa shape index (κ2) is 6.01. The molecule has 0 aliphatic carbocycles. The Morgan fingerprint density at radius 2 is 1.86 bits per heavy atom. The smallest absolute Gasteiger partial charge is 0.286 e. The van der Waals surface area contributed by atoms with Crippen LogP contribution >= 0.6 is 15.9 Å². The van der Waals surface area contributed by atoms with E-state index in [0.29, 0.717) is 5.69 Å². The van der Waals surface area contributed by atoms with Crippen molar-refractivity contribution in [2.45, 2.75) is 6.92 Å². The number of carbonyl (C=O) groups is 2. The average Bonchev–Trinajstić information content (AvgIpc) is 2.74. The quantitative estimate of drug-likeness (QED) is 0.722. The Kier molecular flexibility index (Phi) is 4.32. The molecule has 0 aliphatic rings. The predicted molar refractivity (Wildman–Crippen MR) is 80.9 cm³/mol. The van der Waals surface area contributed by atoms with E-state index in [4.69, 9.17) is 0 Å². The first-order valence-corrected chi connectivity index (χ1v) is 6.90. The number of benzene rings is 1. The topological polar surface area (TPSA) is 83.4 Å². The summed E-state index contributed by atoms with van der Waals surface area (Å²) in [5, 5.41) is 9.71. The molecule has 7 heteroatoms. The molecule has 0 atom stereocenters. The fraction of sp³-hybridized carbons (Fsp3) is 0.143. The minimum Gasteiger partial charge on any atom is -0.507 e.